The summed E-state index contributed by atoms with van der Waals surface area (Å²) in [4.78, 5) is 0. The summed E-state index contributed by atoms with van der Waals surface area (Å²) >= 11 is 7.59. The molecule has 0 N–H and O–H groups in total. The van der Waals surface area contributed by atoms with E-state index >= 15 is 0 Å². The van der Waals surface area contributed by atoms with Crippen LogP contribution in [-0.2, 0) is 0 Å². The quantitative estimate of drug-likeness (QED) is 0.359. The average Bonchev–Trinajstić information content (AvgIpc) is 3.17. The second-order valence-electron chi connectivity index (χ2n) is 6.20. The van der Waals surface area contributed by atoms with E-state index in [9.17, 15) is 0 Å². The van der Waals surface area contributed by atoms with Crippen LogP contribution in [0.4, 0.5) is 0 Å². The second-order valence-corrected chi connectivity index (χ2v) is 7.69. The number of rotatable bonds is 5. The summed E-state index contributed by atoms with van der Waals surface area (Å²) in [6.45, 7) is 2.05. The predicted molar refractivity (Wildman–Crippen MR) is 110 cm³/mol. The molecule has 4 rings (SSSR count). The van der Waals surface area contributed by atoms with E-state index in [4.69, 9.17) is 16.0 Å². The lowest BCUT2D eigenvalue weighted by atomic mass is 10.0. The van der Waals surface area contributed by atoms with Crippen LogP contribution in [0.25, 0.3) is 11.5 Å². The van der Waals surface area contributed by atoms with E-state index in [0.717, 1.165) is 16.1 Å². The van der Waals surface area contributed by atoms with Crippen LogP contribution >= 0.6 is 23.4 Å². The zero-order valence-corrected chi connectivity index (χ0v) is 16.2. The molecule has 0 fully saturated rings. The van der Waals surface area contributed by atoms with Gasteiger partial charge in [-0.05, 0) is 42.3 Å². The number of aryl methyl sites for hydroxylation is 1. The van der Waals surface area contributed by atoms with Crippen molar-refractivity contribution >= 4 is 23.4 Å². The molecule has 4 aromatic rings. The third-order valence-electron chi connectivity index (χ3n) is 4.20. The highest BCUT2D eigenvalue weighted by atomic mass is 35.5. The molecule has 5 heteroatoms. The molecule has 1 aromatic heterocycles. The molecule has 0 bridgehead atoms. The van der Waals surface area contributed by atoms with E-state index in [0.29, 0.717) is 11.1 Å². The molecule has 1 heterocycles. The van der Waals surface area contributed by atoms with Gasteiger partial charge in [0.15, 0.2) is 0 Å². The molecule has 0 aliphatic carbocycles. The van der Waals surface area contributed by atoms with E-state index in [1.165, 1.54) is 22.9 Å². The molecule has 1 atom stereocenters. The molecule has 134 valence electrons. The van der Waals surface area contributed by atoms with Crippen LogP contribution in [0.5, 0.6) is 0 Å². The van der Waals surface area contributed by atoms with Crippen molar-refractivity contribution in [3.63, 3.8) is 0 Å². The third kappa shape index (κ3) is 4.24. The van der Waals surface area contributed by atoms with Crippen molar-refractivity contribution in [2.24, 2.45) is 0 Å². The monoisotopic (exact) mass is 392 g/mol. The predicted octanol–water partition coefficient (Wildman–Crippen LogP) is 6.58. The van der Waals surface area contributed by atoms with Crippen LogP contribution in [0, 0.1) is 6.92 Å². The van der Waals surface area contributed by atoms with Crippen molar-refractivity contribution in [3.05, 3.63) is 101 Å². The van der Waals surface area contributed by atoms with Gasteiger partial charge in [-0.3, -0.25) is 0 Å². The maximum atomic E-state index is 6.06. The van der Waals surface area contributed by atoms with Gasteiger partial charge in [-0.2, -0.15) is 0 Å². The Kier molecular flexibility index (Phi) is 5.28. The lowest BCUT2D eigenvalue weighted by Crippen LogP contribution is -1.96. The first-order valence-corrected chi connectivity index (χ1v) is 9.82. The Morgan fingerprint density at radius 1 is 0.815 bits per heavy atom. The maximum Gasteiger partial charge on any atom is 0.277 e. The summed E-state index contributed by atoms with van der Waals surface area (Å²) in [6, 6.07) is 26.2. The summed E-state index contributed by atoms with van der Waals surface area (Å²) < 4.78 is 5.92. The van der Waals surface area contributed by atoms with Crippen molar-refractivity contribution in [1.29, 1.82) is 0 Å². The van der Waals surface area contributed by atoms with E-state index < -0.39 is 0 Å². The number of halogens is 1. The Hall–Kier alpha value is -2.56. The van der Waals surface area contributed by atoms with Crippen molar-refractivity contribution in [2.75, 3.05) is 0 Å². The molecule has 0 aliphatic rings. The number of aromatic nitrogens is 2. The van der Waals surface area contributed by atoms with Crippen molar-refractivity contribution in [2.45, 2.75) is 17.4 Å². The summed E-state index contributed by atoms with van der Waals surface area (Å²) in [5.41, 5.74) is 4.41. The smallest absolute Gasteiger partial charge is 0.277 e. The number of nitrogens with zero attached hydrogens (tertiary/aromatic N) is 2. The van der Waals surface area contributed by atoms with Gasteiger partial charge in [0, 0.05) is 10.6 Å². The maximum absolute atomic E-state index is 6.06. The molecule has 0 spiro atoms. The molecule has 0 radical (unpaired) electrons. The zero-order chi connectivity index (χ0) is 18.6. The first kappa shape index (κ1) is 17.8. The van der Waals surface area contributed by atoms with Gasteiger partial charge >= 0.3 is 0 Å². The van der Waals surface area contributed by atoms with Crippen molar-refractivity contribution in [3.8, 4) is 11.5 Å². The fourth-order valence-electron chi connectivity index (χ4n) is 2.76. The van der Waals surface area contributed by atoms with Gasteiger partial charge in [0.1, 0.15) is 0 Å². The first-order valence-electron chi connectivity index (χ1n) is 8.57. The fourth-order valence-corrected chi connectivity index (χ4v) is 3.89. The Bertz CT molecular complexity index is 1010. The Balaban J connectivity index is 1.64. The van der Waals surface area contributed by atoms with E-state index in [1.807, 2.05) is 66.7 Å². The van der Waals surface area contributed by atoms with Crippen LogP contribution in [-0.4, -0.2) is 10.2 Å². The van der Waals surface area contributed by atoms with Gasteiger partial charge in [-0.15, -0.1) is 10.2 Å². The summed E-state index contributed by atoms with van der Waals surface area (Å²) in [5.74, 6) is 0.528. The topological polar surface area (TPSA) is 38.9 Å². The largest absolute Gasteiger partial charge is 0.411 e. The molecule has 3 nitrogen and oxygen atoms in total. The minimum Gasteiger partial charge on any atom is -0.411 e. The van der Waals surface area contributed by atoms with Gasteiger partial charge in [0.25, 0.3) is 5.22 Å². The number of hydrogen-bond donors (Lipinski definition) is 0. The molecule has 27 heavy (non-hydrogen) atoms. The standard InChI is InChI=1S/C22H17ClN2OS/c1-15-7-9-18(10-8-15)21-24-25-22(26-21)27-20(16-5-3-2-4-6-16)17-11-13-19(23)14-12-17/h2-14,20H,1H3/t20-/m0/s1. The number of hydrogen-bond acceptors (Lipinski definition) is 4. The Labute approximate surface area is 167 Å². The van der Waals surface area contributed by atoms with Gasteiger partial charge < -0.3 is 4.42 Å². The molecule has 3 aromatic carbocycles. The average molecular weight is 393 g/mol. The SMILES string of the molecule is Cc1ccc(-c2nnc(S[C@@H](c3ccccc3)c3ccc(Cl)cc3)o2)cc1. The lowest BCUT2D eigenvalue weighted by Gasteiger charge is -2.15. The second kappa shape index (κ2) is 7.99. The van der Waals surface area contributed by atoms with Crippen molar-refractivity contribution < 1.29 is 4.42 Å². The fraction of sp³-hybridized carbons (Fsp3) is 0.0909. The van der Waals surface area contributed by atoms with Crippen molar-refractivity contribution in [1.82, 2.24) is 10.2 Å². The first-order chi connectivity index (χ1) is 13.2. The van der Waals surface area contributed by atoms with E-state index in [1.54, 1.807) is 0 Å². The highest BCUT2D eigenvalue weighted by Crippen LogP contribution is 2.40. The zero-order valence-electron chi connectivity index (χ0n) is 14.7. The summed E-state index contributed by atoms with van der Waals surface area (Å²) in [5, 5.41) is 9.75. The minimum absolute atomic E-state index is 0.0368. The summed E-state index contributed by atoms with van der Waals surface area (Å²) in [7, 11) is 0. The van der Waals surface area contributed by atoms with Crippen LogP contribution in [0.15, 0.2) is 88.5 Å². The van der Waals surface area contributed by atoms with Gasteiger partial charge in [-0.1, -0.05) is 83.5 Å². The van der Waals surface area contributed by atoms with Crippen LogP contribution in [0.3, 0.4) is 0 Å². The molecule has 0 aliphatic heterocycles. The minimum atomic E-state index is 0.0368. The Morgan fingerprint density at radius 3 is 2.19 bits per heavy atom. The highest BCUT2D eigenvalue weighted by Gasteiger charge is 2.20. The van der Waals surface area contributed by atoms with Crippen LogP contribution in [0.2, 0.25) is 5.02 Å². The van der Waals surface area contributed by atoms with Gasteiger partial charge in [0.2, 0.25) is 5.89 Å². The third-order valence-corrected chi connectivity index (χ3v) is 5.60. The molecule has 0 saturated carbocycles. The van der Waals surface area contributed by atoms with E-state index in [-0.39, 0.29) is 5.25 Å². The normalized spacial score (nSPS) is 12.1. The molecule has 0 saturated heterocycles. The van der Waals surface area contributed by atoms with Gasteiger partial charge in [0.05, 0.1) is 5.25 Å². The molecular weight excluding hydrogens is 376 g/mol. The number of benzene rings is 3. The number of thioether (sulfide) groups is 1. The molecule has 0 unspecified atom stereocenters. The highest BCUT2D eigenvalue weighted by molar-refractivity contribution is 7.99. The summed E-state index contributed by atoms with van der Waals surface area (Å²) in [6.07, 6.45) is 0. The molecule has 0 amide bonds. The van der Waals surface area contributed by atoms with Crippen LogP contribution in [0.1, 0.15) is 21.9 Å². The van der Waals surface area contributed by atoms with Crippen LogP contribution < -0.4 is 0 Å². The lowest BCUT2D eigenvalue weighted by molar-refractivity contribution is 0.465. The Morgan fingerprint density at radius 2 is 1.48 bits per heavy atom. The van der Waals surface area contributed by atoms with E-state index in [2.05, 4.69) is 29.3 Å². The van der Waals surface area contributed by atoms with Gasteiger partial charge in [-0.25, -0.2) is 0 Å². The molecular formula is C22H17ClN2OS.